The first-order valence-corrected chi connectivity index (χ1v) is 12.6. The molecule has 1 heterocycles. The number of nitrogens with one attached hydrogen (secondary N) is 1. The normalized spacial score (nSPS) is 25.9. The summed E-state index contributed by atoms with van der Waals surface area (Å²) < 4.78 is 5.33. The maximum atomic E-state index is 14.0. The molecule has 2 N–H and O–H groups in total. The van der Waals surface area contributed by atoms with Crippen LogP contribution >= 0.6 is 11.6 Å². The number of halogens is 1. The van der Waals surface area contributed by atoms with Crippen molar-refractivity contribution in [1.82, 2.24) is 4.90 Å². The van der Waals surface area contributed by atoms with Crippen molar-refractivity contribution in [3.05, 3.63) is 76.8 Å². The quantitative estimate of drug-likeness (QED) is 0.431. The highest BCUT2D eigenvalue weighted by atomic mass is 35.5. The van der Waals surface area contributed by atoms with Gasteiger partial charge in [0.15, 0.2) is 0 Å². The maximum absolute atomic E-state index is 14.0. The van der Waals surface area contributed by atoms with E-state index in [1.807, 2.05) is 62.4 Å². The van der Waals surface area contributed by atoms with Gasteiger partial charge in [0.05, 0.1) is 41.8 Å². The Labute approximate surface area is 216 Å². The van der Waals surface area contributed by atoms with Crippen LogP contribution in [0.15, 0.2) is 60.7 Å². The van der Waals surface area contributed by atoms with E-state index in [1.165, 1.54) is 4.90 Å². The SMILES string of the molecule is CCOC(=O)[C@H]1[C@@H]2C(=O)N([C@H](CO)c3ccccc3)[C@H](C(=O)Nc3c(C)cccc3Cl)[C@H]2C=C[C@H]1C. The fourth-order valence-corrected chi connectivity index (χ4v) is 5.76. The van der Waals surface area contributed by atoms with E-state index in [9.17, 15) is 19.5 Å². The third-order valence-corrected chi connectivity index (χ3v) is 7.51. The molecule has 6 atom stereocenters. The molecule has 0 radical (unpaired) electrons. The van der Waals surface area contributed by atoms with E-state index < -0.39 is 41.7 Å². The number of fused-ring (bicyclic) bond motifs is 1. The van der Waals surface area contributed by atoms with Gasteiger partial charge >= 0.3 is 5.97 Å². The van der Waals surface area contributed by atoms with Crippen molar-refractivity contribution in [3.8, 4) is 0 Å². The number of benzene rings is 2. The lowest BCUT2D eigenvalue weighted by molar-refractivity contribution is -0.155. The highest BCUT2D eigenvalue weighted by Crippen LogP contribution is 2.47. The number of anilines is 1. The molecule has 0 bridgehead atoms. The number of rotatable bonds is 7. The van der Waals surface area contributed by atoms with E-state index in [0.717, 1.165) is 5.56 Å². The second-order valence-electron chi connectivity index (χ2n) is 9.35. The average molecular weight is 511 g/mol. The Morgan fingerprint density at radius 2 is 1.86 bits per heavy atom. The van der Waals surface area contributed by atoms with Crippen LogP contribution in [0.3, 0.4) is 0 Å². The Kier molecular flexibility index (Phi) is 7.81. The van der Waals surface area contributed by atoms with Gasteiger partial charge in [0.25, 0.3) is 0 Å². The molecule has 1 fully saturated rings. The fraction of sp³-hybridized carbons (Fsp3) is 0.393. The molecule has 1 saturated heterocycles. The zero-order valence-electron chi connectivity index (χ0n) is 20.6. The number of aryl methyl sites for hydroxylation is 1. The van der Waals surface area contributed by atoms with E-state index in [-0.39, 0.29) is 25.0 Å². The number of hydrogen-bond acceptors (Lipinski definition) is 5. The molecular weight excluding hydrogens is 480 g/mol. The number of allylic oxidation sites excluding steroid dienone is 1. The summed E-state index contributed by atoms with van der Waals surface area (Å²) in [6.07, 6.45) is 3.73. The summed E-state index contributed by atoms with van der Waals surface area (Å²) in [5.41, 5.74) is 1.95. The predicted octanol–water partition coefficient (Wildman–Crippen LogP) is 4.15. The molecule has 0 unspecified atom stereocenters. The molecule has 2 aromatic carbocycles. The number of hydrogen-bond donors (Lipinski definition) is 2. The lowest BCUT2D eigenvalue weighted by Gasteiger charge is -2.33. The van der Waals surface area contributed by atoms with E-state index in [2.05, 4.69) is 5.32 Å². The molecule has 4 rings (SSSR count). The molecule has 7 nitrogen and oxygen atoms in total. The number of ether oxygens (including phenoxy) is 1. The number of esters is 1. The topological polar surface area (TPSA) is 95.9 Å². The third kappa shape index (κ3) is 4.65. The molecule has 0 spiro atoms. The van der Waals surface area contributed by atoms with Crippen LogP contribution in [-0.2, 0) is 19.1 Å². The lowest BCUT2D eigenvalue weighted by atomic mass is 9.70. The van der Waals surface area contributed by atoms with E-state index in [4.69, 9.17) is 16.3 Å². The van der Waals surface area contributed by atoms with E-state index in [0.29, 0.717) is 16.3 Å². The molecular formula is C28H31ClN2O5. The van der Waals surface area contributed by atoms with Gasteiger partial charge in [-0.2, -0.15) is 0 Å². The number of carbonyl (C=O) groups is 3. The van der Waals surface area contributed by atoms with Gasteiger partial charge in [-0.3, -0.25) is 14.4 Å². The predicted molar refractivity (Wildman–Crippen MR) is 137 cm³/mol. The molecule has 2 amide bonds. The smallest absolute Gasteiger partial charge is 0.310 e. The van der Waals surface area contributed by atoms with Gasteiger partial charge < -0.3 is 20.1 Å². The Hall–Kier alpha value is -3.16. The minimum Gasteiger partial charge on any atom is -0.466 e. The maximum Gasteiger partial charge on any atom is 0.310 e. The lowest BCUT2D eigenvalue weighted by Crippen LogP contribution is -2.47. The number of aliphatic hydroxyl groups excluding tert-OH is 1. The van der Waals surface area contributed by atoms with Gasteiger partial charge in [-0.25, -0.2) is 0 Å². The van der Waals surface area contributed by atoms with Gasteiger partial charge in [-0.05, 0) is 37.0 Å². The number of amides is 2. The van der Waals surface area contributed by atoms with Gasteiger partial charge in [-0.15, -0.1) is 0 Å². The van der Waals surface area contributed by atoms with Crippen LogP contribution in [0.1, 0.15) is 31.0 Å². The third-order valence-electron chi connectivity index (χ3n) is 7.20. The van der Waals surface area contributed by atoms with Crippen LogP contribution in [-0.4, -0.2) is 47.0 Å². The highest BCUT2D eigenvalue weighted by Gasteiger charge is 2.58. The largest absolute Gasteiger partial charge is 0.466 e. The molecule has 0 aromatic heterocycles. The Balaban J connectivity index is 1.80. The molecule has 1 aliphatic carbocycles. The van der Waals surface area contributed by atoms with Crippen LogP contribution < -0.4 is 5.32 Å². The van der Waals surface area contributed by atoms with Crippen LogP contribution in [0.25, 0.3) is 0 Å². The second kappa shape index (κ2) is 10.8. The number of nitrogens with zero attached hydrogens (tertiary/aromatic N) is 1. The van der Waals surface area contributed by atoms with Crippen molar-refractivity contribution in [3.63, 3.8) is 0 Å². The average Bonchev–Trinajstić information content (AvgIpc) is 3.15. The van der Waals surface area contributed by atoms with Crippen molar-refractivity contribution in [1.29, 1.82) is 0 Å². The van der Waals surface area contributed by atoms with Gasteiger partial charge in [0, 0.05) is 5.92 Å². The Morgan fingerprint density at radius 3 is 2.50 bits per heavy atom. The molecule has 2 aliphatic rings. The Bertz CT molecular complexity index is 1150. The molecule has 1 aliphatic heterocycles. The number of aliphatic hydroxyl groups is 1. The Morgan fingerprint density at radius 1 is 1.14 bits per heavy atom. The second-order valence-corrected chi connectivity index (χ2v) is 9.75. The molecule has 2 aromatic rings. The molecule has 36 heavy (non-hydrogen) atoms. The highest BCUT2D eigenvalue weighted by molar-refractivity contribution is 6.34. The monoisotopic (exact) mass is 510 g/mol. The van der Waals surface area contributed by atoms with Crippen molar-refractivity contribution >= 4 is 35.1 Å². The first-order chi connectivity index (χ1) is 17.3. The summed E-state index contributed by atoms with van der Waals surface area (Å²) in [5, 5.41) is 13.7. The first-order valence-electron chi connectivity index (χ1n) is 12.2. The van der Waals surface area contributed by atoms with E-state index in [1.54, 1.807) is 19.1 Å². The number of para-hydroxylation sites is 1. The van der Waals surface area contributed by atoms with Crippen molar-refractivity contribution < 1.29 is 24.2 Å². The van der Waals surface area contributed by atoms with Crippen LogP contribution in [0.2, 0.25) is 5.02 Å². The van der Waals surface area contributed by atoms with Gasteiger partial charge in [0.1, 0.15) is 6.04 Å². The molecule has 0 saturated carbocycles. The molecule has 8 heteroatoms. The van der Waals surface area contributed by atoms with Crippen LogP contribution in [0, 0.1) is 30.6 Å². The minimum atomic E-state index is -0.962. The van der Waals surface area contributed by atoms with Crippen molar-refractivity contribution in [2.24, 2.45) is 23.7 Å². The fourth-order valence-electron chi connectivity index (χ4n) is 5.49. The number of carbonyl (C=O) groups excluding carboxylic acids is 3. The standard InChI is InChI=1S/C28H31ClN2O5/c1-4-36-28(35)22-16(2)13-14-19-23(22)27(34)31(21(15-32)18-10-6-5-7-11-18)25(19)26(33)30-24-17(3)9-8-12-20(24)29/h5-14,16,19,21-23,25,32H,4,15H2,1-3H3,(H,30,33)/t16-,19+,21-,22-,23-,25+/m1/s1. The number of likely N-dealkylation sites (tertiary alicyclic amines) is 1. The first kappa shape index (κ1) is 25.9. The van der Waals surface area contributed by atoms with Crippen molar-refractivity contribution in [2.75, 3.05) is 18.5 Å². The summed E-state index contributed by atoms with van der Waals surface area (Å²) >= 11 is 6.38. The van der Waals surface area contributed by atoms with Crippen LogP contribution in [0.5, 0.6) is 0 Å². The van der Waals surface area contributed by atoms with Crippen molar-refractivity contribution in [2.45, 2.75) is 32.9 Å². The summed E-state index contributed by atoms with van der Waals surface area (Å²) in [6.45, 7) is 5.24. The summed E-state index contributed by atoms with van der Waals surface area (Å²) in [4.78, 5) is 42.3. The zero-order chi connectivity index (χ0) is 26.0. The molecule has 190 valence electrons. The summed E-state index contributed by atoms with van der Waals surface area (Å²) in [7, 11) is 0. The van der Waals surface area contributed by atoms with Gasteiger partial charge in [-0.1, -0.05) is 73.1 Å². The summed E-state index contributed by atoms with van der Waals surface area (Å²) in [5.74, 6) is -3.58. The van der Waals surface area contributed by atoms with Gasteiger partial charge in [0.2, 0.25) is 11.8 Å². The van der Waals surface area contributed by atoms with E-state index >= 15 is 0 Å². The van der Waals surface area contributed by atoms with Crippen LogP contribution in [0.4, 0.5) is 5.69 Å². The zero-order valence-corrected chi connectivity index (χ0v) is 21.3. The minimum absolute atomic E-state index is 0.194. The summed E-state index contributed by atoms with van der Waals surface area (Å²) in [6, 6.07) is 12.7.